The average Bonchev–Trinajstić information content (AvgIpc) is 2.45. The highest BCUT2D eigenvalue weighted by atomic mass is 79.9. The van der Waals surface area contributed by atoms with E-state index in [1.54, 1.807) is 24.3 Å². The minimum Gasteiger partial charge on any atom is -0.379 e. The van der Waals surface area contributed by atoms with E-state index in [0.29, 0.717) is 31.9 Å². The van der Waals surface area contributed by atoms with Gasteiger partial charge in [0.25, 0.3) is 5.91 Å². The van der Waals surface area contributed by atoms with Crippen LogP contribution in [0.5, 0.6) is 0 Å². The van der Waals surface area contributed by atoms with Gasteiger partial charge in [-0.25, -0.2) is 0 Å². The Balaban J connectivity index is 2.10. The molecule has 1 aromatic rings. The minimum absolute atomic E-state index is 0.287. The number of morpholine rings is 1. The Morgan fingerprint density at radius 3 is 2.33 bits per heavy atom. The van der Waals surface area contributed by atoms with Gasteiger partial charge in [0.05, 0.1) is 13.2 Å². The van der Waals surface area contributed by atoms with Crippen LogP contribution in [0.25, 0.3) is 0 Å². The van der Waals surface area contributed by atoms with Gasteiger partial charge in [0.2, 0.25) is 3.79 Å². The van der Waals surface area contributed by atoms with Crippen LogP contribution >= 0.6 is 50.7 Å². The van der Waals surface area contributed by atoms with Crippen LogP contribution in [-0.2, 0) is 4.74 Å². The lowest BCUT2D eigenvalue weighted by Crippen LogP contribution is -2.58. The number of nitrogens with zero attached hydrogens (tertiary/aromatic N) is 1. The summed E-state index contributed by atoms with van der Waals surface area (Å²) in [7, 11) is 0. The lowest BCUT2D eigenvalue weighted by Gasteiger charge is -2.38. The number of amides is 1. The predicted molar refractivity (Wildman–Crippen MR) is 88.1 cm³/mol. The van der Waals surface area contributed by atoms with Crippen LogP contribution in [0.3, 0.4) is 0 Å². The van der Waals surface area contributed by atoms with Crippen LogP contribution in [-0.4, -0.2) is 47.1 Å². The minimum atomic E-state index is -1.62. The molecule has 1 fully saturated rings. The van der Waals surface area contributed by atoms with E-state index in [-0.39, 0.29) is 5.91 Å². The normalized spacial score (nSPS) is 18.3. The molecule has 1 aliphatic rings. The van der Waals surface area contributed by atoms with Gasteiger partial charge < -0.3 is 10.1 Å². The first kappa shape index (κ1) is 17.3. The maximum absolute atomic E-state index is 12.3. The molecule has 2 rings (SSSR count). The summed E-state index contributed by atoms with van der Waals surface area (Å²) in [6.45, 7) is 2.29. The average molecular weight is 417 g/mol. The molecular formula is C13H14BrCl3N2O2. The molecule has 1 atom stereocenters. The number of ether oxygens (including phenoxy) is 1. The Bertz CT molecular complexity index is 487. The molecule has 1 amide bonds. The molecule has 4 nitrogen and oxygen atoms in total. The molecule has 0 saturated carbocycles. The lowest BCUT2D eigenvalue weighted by molar-refractivity contribution is 0.00996. The third kappa shape index (κ3) is 4.98. The van der Waals surface area contributed by atoms with E-state index in [4.69, 9.17) is 39.5 Å². The largest absolute Gasteiger partial charge is 0.379 e. The van der Waals surface area contributed by atoms with Crippen molar-refractivity contribution < 1.29 is 9.53 Å². The molecule has 0 spiro atoms. The van der Waals surface area contributed by atoms with Gasteiger partial charge in [-0.05, 0) is 24.3 Å². The maximum atomic E-state index is 12.3. The van der Waals surface area contributed by atoms with Crippen molar-refractivity contribution >= 4 is 56.6 Å². The number of carbonyl (C=O) groups is 1. The summed E-state index contributed by atoms with van der Waals surface area (Å²) in [4.78, 5) is 14.2. The van der Waals surface area contributed by atoms with Gasteiger partial charge in [0.1, 0.15) is 6.17 Å². The molecule has 0 unspecified atom stereocenters. The zero-order valence-corrected chi connectivity index (χ0v) is 14.8. The van der Waals surface area contributed by atoms with Crippen LogP contribution in [0, 0.1) is 0 Å². The Hall–Kier alpha value is -0.0400. The third-order valence-electron chi connectivity index (χ3n) is 3.10. The molecule has 1 saturated heterocycles. The highest BCUT2D eigenvalue weighted by molar-refractivity contribution is 9.10. The van der Waals surface area contributed by atoms with Crippen LogP contribution in [0.1, 0.15) is 10.4 Å². The Labute approximate surface area is 146 Å². The summed E-state index contributed by atoms with van der Waals surface area (Å²) in [6, 6.07) is 6.98. The number of rotatable bonds is 3. The molecule has 0 radical (unpaired) electrons. The fourth-order valence-corrected chi connectivity index (χ4v) is 2.87. The van der Waals surface area contributed by atoms with Crippen molar-refractivity contribution in [2.75, 3.05) is 26.3 Å². The summed E-state index contributed by atoms with van der Waals surface area (Å²) in [5.41, 5.74) is 0.505. The van der Waals surface area contributed by atoms with Crippen LogP contribution < -0.4 is 5.32 Å². The van der Waals surface area contributed by atoms with Crippen molar-refractivity contribution in [3.05, 3.63) is 34.3 Å². The first-order chi connectivity index (χ1) is 9.88. The molecule has 0 aliphatic carbocycles. The van der Waals surface area contributed by atoms with Crippen molar-refractivity contribution in [1.29, 1.82) is 0 Å². The molecule has 1 heterocycles. The number of halogens is 4. The van der Waals surface area contributed by atoms with E-state index in [9.17, 15) is 4.79 Å². The highest BCUT2D eigenvalue weighted by Crippen LogP contribution is 2.32. The van der Waals surface area contributed by atoms with Gasteiger partial charge in [0.15, 0.2) is 0 Å². The summed E-state index contributed by atoms with van der Waals surface area (Å²) in [5.74, 6) is -0.287. The van der Waals surface area contributed by atoms with Crippen LogP contribution in [0.15, 0.2) is 28.7 Å². The molecule has 0 aromatic heterocycles. The molecule has 1 N–H and O–H groups in total. The zero-order valence-electron chi connectivity index (χ0n) is 11.0. The molecule has 8 heteroatoms. The fraction of sp³-hybridized carbons (Fsp3) is 0.462. The van der Waals surface area contributed by atoms with Gasteiger partial charge in [-0.15, -0.1) is 0 Å². The van der Waals surface area contributed by atoms with Crippen LogP contribution in [0.2, 0.25) is 0 Å². The number of nitrogens with one attached hydrogen (secondary N) is 1. The lowest BCUT2D eigenvalue weighted by atomic mass is 10.2. The van der Waals surface area contributed by atoms with Crippen molar-refractivity contribution in [1.82, 2.24) is 10.2 Å². The highest BCUT2D eigenvalue weighted by Gasteiger charge is 2.39. The van der Waals surface area contributed by atoms with E-state index in [1.165, 1.54) is 0 Å². The summed E-state index contributed by atoms with van der Waals surface area (Å²) in [6.07, 6.45) is -0.706. The van der Waals surface area contributed by atoms with Gasteiger partial charge in [-0.3, -0.25) is 9.69 Å². The monoisotopic (exact) mass is 414 g/mol. The Morgan fingerprint density at radius 2 is 1.81 bits per heavy atom. The third-order valence-corrected chi connectivity index (χ3v) is 4.24. The van der Waals surface area contributed by atoms with Gasteiger partial charge in [-0.1, -0.05) is 50.7 Å². The van der Waals surface area contributed by atoms with Crippen molar-refractivity contribution in [2.24, 2.45) is 0 Å². The smallest absolute Gasteiger partial charge is 0.252 e. The van der Waals surface area contributed by atoms with E-state index in [0.717, 1.165) is 4.47 Å². The number of carbonyl (C=O) groups excluding carboxylic acids is 1. The van der Waals surface area contributed by atoms with E-state index in [2.05, 4.69) is 21.2 Å². The summed E-state index contributed by atoms with van der Waals surface area (Å²) >= 11 is 21.4. The number of benzene rings is 1. The van der Waals surface area contributed by atoms with Crippen molar-refractivity contribution in [2.45, 2.75) is 9.96 Å². The Kier molecular flexibility index (Phi) is 6.17. The fourth-order valence-electron chi connectivity index (χ4n) is 2.02. The molecule has 1 aromatic carbocycles. The predicted octanol–water partition coefficient (Wildman–Crippen LogP) is 3.21. The van der Waals surface area contributed by atoms with Crippen LogP contribution in [0.4, 0.5) is 0 Å². The standard InChI is InChI=1S/C13H14BrCl3N2O2/c14-10-3-1-9(2-4-10)11(20)18-12(13(15,16)17)19-5-7-21-8-6-19/h1-4,12H,5-8H2,(H,18,20)/t12-/m0/s1. The topological polar surface area (TPSA) is 41.6 Å². The first-order valence-corrected chi connectivity index (χ1v) is 8.25. The molecule has 1 aliphatic heterocycles. The second-order valence-corrected chi connectivity index (χ2v) is 7.86. The van der Waals surface area contributed by atoms with Crippen molar-refractivity contribution in [3.63, 3.8) is 0 Å². The quantitative estimate of drug-likeness (QED) is 0.770. The molecule has 0 bridgehead atoms. The van der Waals surface area contributed by atoms with Gasteiger partial charge >= 0.3 is 0 Å². The van der Waals surface area contributed by atoms with Gasteiger partial charge in [0, 0.05) is 23.1 Å². The molecule has 21 heavy (non-hydrogen) atoms. The first-order valence-electron chi connectivity index (χ1n) is 6.33. The maximum Gasteiger partial charge on any atom is 0.252 e. The number of hydrogen-bond donors (Lipinski definition) is 1. The number of hydrogen-bond acceptors (Lipinski definition) is 3. The Morgan fingerprint density at radius 1 is 1.24 bits per heavy atom. The van der Waals surface area contributed by atoms with Gasteiger partial charge in [-0.2, -0.15) is 0 Å². The van der Waals surface area contributed by atoms with Crippen molar-refractivity contribution in [3.8, 4) is 0 Å². The zero-order chi connectivity index (χ0) is 15.5. The van der Waals surface area contributed by atoms with E-state index < -0.39 is 9.96 Å². The van der Waals surface area contributed by atoms with E-state index in [1.807, 2.05) is 4.90 Å². The second kappa shape index (κ2) is 7.49. The molecular weight excluding hydrogens is 402 g/mol. The number of alkyl halides is 3. The SMILES string of the molecule is O=C(N[C@@H](N1CCOCC1)C(Cl)(Cl)Cl)c1ccc(Br)cc1. The molecule has 116 valence electrons. The summed E-state index contributed by atoms with van der Waals surface area (Å²) in [5, 5.41) is 2.78. The second-order valence-electron chi connectivity index (χ2n) is 4.57. The van der Waals surface area contributed by atoms with E-state index >= 15 is 0 Å². The summed E-state index contributed by atoms with van der Waals surface area (Å²) < 4.78 is 4.55.